The van der Waals surface area contributed by atoms with Crippen LogP contribution in [-0.4, -0.2) is 37.7 Å². The normalized spacial score (nSPS) is 21.9. The van der Waals surface area contributed by atoms with Crippen LogP contribution in [0.2, 0.25) is 0 Å². The highest BCUT2D eigenvalue weighted by Crippen LogP contribution is 2.37. The van der Waals surface area contributed by atoms with Gasteiger partial charge in [0.25, 0.3) is 0 Å². The van der Waals surface area contributed by atoms with Gasteiger partial charge in [-0.1, -0.05) is 0 Å². The molecule has 0 amide bonds. The van der Waals surface area contributed by atoms with Crippen LogP contribution in [0, 0.1) is 11.3 Å². The molecule has 0 spiro atoms. The van der Waals surface area contributed by atoms with Gasteiger partial charge < -0.3 is 0 Å². The summed E-state index contributed by atoms with van der Waals surface area (Å²) in [5.74, 6) is 1.61. The third-order valence-corrected chi connectivity index (χ3v) is 4.43. The van der Waals surface area contributed by atoms with E-state index in [9.17, 15) is 0 Å². The smallest absolute Gasteiger partial charge is 0.131 e. The Kier molecular flexibility index (Phi) is 3.35. The van der Waals surface area contributed by atoms with Crippen LogP contribution in [0.25, 0.3) is 0 Å². The fraction of sp³-hybridized carbons (Fsp3) is 0.500. The van der Waals surface area contributed by atoms with Crippen molar-refractivity contribution >= 4 is 0 Å². The summed E-state index contributed by atoms with van der Waals surface area (Å²) in [5, 5.41) is 13.2. The number of nitrogens with zero attached hydrogens (tertiary/aromatic N) is 6. The van der Waals surface area contributed by atoms with Gasteiger partial charge in [-0.15, -0.1) is 0 Å². The molecule has 0 radical (unpaired) electrons. The first kappa shape index (κ1) is 13.4. The van der Waals surface area contributed by atoms with Crippen molar-refractivity contribution in [1.29, 1.82) is 5.26 Å². The van der Waals surface area contributed by atoms with Gasteiger partial charge in [0.2, 0.25) is 0 Å². The Hall–Kier alpha value is -2.26. The minimum absolute atomic E-state index is 0.355. The van der Waals surface area contributed by atoms with Crippen LogP contribution < -0.4 is 0 Å². The van der Waals surface area contributed by atoms with E-state index in [4.69, 9.17) is 5.26 Å². The van der Waals surface area contributed by atoms with Gasteiger partial charge >= 0.3 is 0 Å². The molecule has 0 aromatic carbocycles. The zero-order valence-corrected chi connectivity index (χ0v) is 12.4. The van der Waals surface area contributed by atoms with Crippen LogP contribution in [0.15, 0.2) is 24.8 Å². The van der Waals surface area contributed by atoms with E-state index in [1.165, 1.54) is 18.4 Å². The molecule has 2 aliphatic rings. The standard InChI is InChI=1S/C16H18N6/c17-5-12-8-20-22(10-12)15-3-4-21(11-15)9-13-6-18-16(19-7-13)14-1-2-14/h6-8,10,14-15H,1-4,9,11H2. The summed E-state index contributed by atoms with van der Waals surface area (Å²) in [4.78, 5) is 11.4. The molecule has 1 saturated carbocycles. The van der Waals surface area contributed by atoms with Crippen molar-refractivity contribution in [3.05, 3.63) is 41.7 Å². The second-order valence-corrected chi connectivity index (χ2v) is 6.22. The predicted molar refractivity (Wildman–Crippen MR) is 79.9 cm³/mol. The zero-order valence-electron chi connectivity index (χ0n) is 12.4. The van der Waals surface area contributed by atoms with E-state index in [2.05, 4.69) is 26.0 Å². The summed E-state index contributed by atoms with van der Waals surface area (Å²) < 4.78 is 1.92. The van der Waals surface area contributed by atoms with E-state index >= 15 is 0 Å². The molecule has 1 atom stereocenters. The Balaban J connectivity index is 1.37. The molecule has 2 aromatic heterocycles. The van der Waals surface area contributed by atoms with E-state index in [0.717, 1.165) is 31.9 Å². The lowest BCUT2D eigenvalue weighted by molar-refractivity contribution is 0.311. The molecule has 1 aliphatic carbocycles. The highest BCUT2D eigenvalue weighted by molar-refractivity contribution is 5.22. The predicted octanol–water partition coefficient (Wildman–Crippen LogP) is 1.87. The summed E-state index contributed by atoms with van der Waals surface area (Å²) in [6.45, 7) is 2.88. The third-order valence-electron chi connectivity index (χ3n) is 4.43. The lowest BCUT2D eigenvalue weighted by Crippen LogP contribution is -2.21. The maximum Gasteiger partial charge on any atom is 0.131 e. The lowest BCUT2D eigenvalue weighted by Gasteiger charge is -2.16. The molecule has 3 heterocycles. The largest absolute Gasteiger partial charge is 0.297 e. The highest BCUT2D eigenvalue weighted by atomic mass is 15.3. The van der Waals surface area contributed by atoms with E-state index < -0.39 is 0 Å². The first-order valence-corrected chi connectivity index (χ1v) is 7.79. The number of hydrogen-bond acceptors (Lipinski definition) is 5. The first-order chi connectivity index (χ1) is 10.8. The molecular formula is C16H18N6. The SMILES string of the molecule is N#Cc1cnn(C2CCN(Cc3cnc(C4CC4)nc3)C2)c1. The average Bonchev–Trinajstić information content (AvgIpc) is 3.10. The van der Waals surface area contributed by atoms with Gasteiger partial charge in [-0.25, -0.2) is 9.97 Å². The molecular weight excluding hydrogens is 276 g/mol. The quantitative estimate of drug-likeness (QED) is 0.861. The van der Waals surface area contributed by atoms with Crippen LogP contribution in [0.1, 0.15) is 48.2 Å². The molecule has 112 valence electrons. The topological polar surface area (TPSA) is 70.6 Å². The third kappa shape index (κ3) is 2.72. The molecule has 1 aliphatic heterocycles. The molecule has 6 nitrogen and oxygen atoms in total. The van der Waals surface area contributed by atoms with Crippen molar-refractivity contribution in [2.24, 2.45) is 0 Å². The molecule has 6 heteroatoms. The fourth-order valence-electron chi connectivity index (χ4n) is 3.02. The Morgan fingerprint density at radius 2 is 2.00 bits per heavy atom. The second-order valence-electron chi connectivity index (χ2n) is 6.22. The fourth-order valence-corrected chi connectivity index (χ4v) is 3.02. The van der Waals surface area contributed by atoms with E-state index in [1.54, 1.807) is 6.20 Å². The number of nitriles is 1. The summed E-state index contributed by atoms with van der Waals surface area (Å²) in [6, 6.07) is 2.48. The van der Waals surface area contributed by atoms with E-state index in [1.807, 2.05) is 23.3 Å². The highest BCUT2D eigenvalue weighted by Gasteiger charge is 2.27. The molecule has 22 heavy (non-hydrogen) atoms. The molecule has 1 saturated heterocycles. The second kappa shape index (κ2) is 5.50. The monoisotopic (exact) mass is 294 g/mol. The van der Waals surface area contributed by atoms with E-state index in [0.29, 0.717) is 17.5 Å². The van der Waals surface area contributed by atoms with E-state index in [-0.39, 0.29) is 0 Å². The minimum atomic E-state index is 0.355. The summed E-state index contributed by atoms with van der Waals surface area (Å²) in [6.07, 6.45) is 10.9. The maximum atomic E-state index is 8.88. The lowest BCUT2D eigenvalue weighted by atomic mass is 10.3. The Bertz CT molecular complexity index is 694. The van der Waals surface area contributed by atoms with Gasteiger partial charge in [0.05, 0.1) is 17.8 Å². The van der Waals surface area contributed by atoms with Crippen molar-refractivity contribution in [1.82, 2.24) is 24.6 Å². The molecule has 0 bridgehead atoms. The molecule has 1 unspecified atom stereocenters. The van der Waals surface area contributed by atoms with Gasteiger partial charge in [0.1, 0.15) is 11.9 Å². The Morgan fingerprint density at radius 1 is 1.18 bits per heavy atom. The van der Waals surface area contributed by atoms with Crippen molar-refractivity contribution in [3.63, 3.8) is 0 Å². The minimum Gasteiger partial charge on any atom is -0.297 e. The molecule has 0 N–H and O–H groups in total. The van der Waals surface area contributed by atoms with Gasteiger partial charge in [0, 0.05) is 49.7 Å². The van der Waals surface area contributed by atoms with Crippen LogP contribution in [0.3, 0.4) is 0 Å². The molecule has 2 fully saturated rings. The van der Waals surface area contributed by atoms with Crippen LogP contribution in [0.4, 0.5) is 0 Å². The van der Waals surface area contributed by atoms with Crippen LogP contribution in [-0.2, 0) is 6.54 Å². The number of hydrogen-bond donors (Lipinski definition) is 0. The van der Waals surface area contributed by atoms with Crippen LogP contribution >= 0.6 is 0 Å². The summed E-state index contributed by atoms with van der Waals surface area (Å²) in [7, 11) is 0. The Labute approximate surface area is 129 Å². The van der Waals surface area contributed by atoms with Gasteiger partial charge in [-0.05, 0) is 19.3 Å². The van der Waals surface area contributed by atoms with Crippen molar-refractivity contribution < 1.29 is 0 Å². The van der Waals surface area contributed by atoms with Crippen molar-refractivity contribution in [2.45, 2.75) is 37.8 Å². The zero-order chi connectivity index (χ0) is 14.9. The van der Waals surface area contributed by atoms with Crippen molar-refractivity contribution in [2.75, 3.05) is 13.1 Å². The molecule has 4 rings (SSSR count). The molecule has 2 aromatic rings. The summed E-state index contributed by atoms with van der Waals surface area (Å²) >= 11 is 0. The van der Waals surface area contributed by atoms with Crippen LogP contribution in [0.5, 0.6) is 0 Å². The van der Waals surface area contributed by atoms with Gasteiger partial charge in [-0.2, -0.15) is 10.4 Å². The van der Waals surface area contributed by atoms with Gasteiger partial charge in [0.15, 0.2) is 0 Å². The first-order valence-electron chi connectivity index (χ1n) is 7.79. The number of likely N-dealkylation sites (tertiary alicyclic amines) is 1. The number of rotatable bonds is 4. The average molecular weight is 294 g/mol. The van der Waals surface area contributed by atoms with Gasteiger partial charge in [-0.3, -0.25) is 9.58 Å². The Morgan fingerprint density at radius 3 is 2.68 bits per heavy atom. The maximum absolute atomic E-state index is 8.88. The summed E-state index contributed by atoms with van der Waals surface area (Å²) in [5.41, 5.74) is 1.80. The number of aromatic nitrogens is 4. The van der Waals surface area contributed by atoms with Crippen molar-refractivity contribution in [3.8, 4) is 6.07 Å².